The third-order valence-electron chi connectivity index (χ3n) is 3.58. The number of aliphatic hydroxyl groups is 1. The van der Waals surface area contributed by atoms with Crippen LogP contribution in [0.2, 0.25) is 0 Å². The normalized spacial score (nSPS) is 18.9. The number of nitrogens with zero attached hydrogens (tertiary/aromatic N) is 2. The molecule has 1 unspecified atom stereocenters. The summed E-state index contributed by atoms with van der Waals surface area (Å²) in [6, 6.07) is 6.58. The highest BCUT2D eigenvalue weighted by atomic mass is 16.3. The van der Waals surface area contributed by atoms with Crippen LogP contribution in [-0.2, 0) is 0 Å². The van der Waals surface area contributed by atoms with Crippen LogP contribution in [0.3, 0.4) is 0 Å². The molecule has 2 rings (SSSR count). The third-order valence-corrected chi connectivity index (χ3v) is 3.58. The summed E-state index contributed by atoms with van der Waals surface area (Å²) in [4.78, 5) is 6.71. The average Bonchev–Trinajstić information content (AvgIpc) is 2.46. The van der Waals surface area contributed by atoms with Crippen molar-refractivity contribution in [2.45, 2.75) is 38.3 Å². The number of nitrogens with one attached hydrogen (secondary N) is 1. The Balaban J connectivity index is 1.75. The lowest BCUT2D eigenvalue weighted by Gasteiger charge is -2.33. The Morgan fingerprint density at radius 1 is 1.44 bits per heavy atom. The van der Waals surface area contributed by atoms with E-state index >= 15 is 0 Å². The average molecular weight is 249 g/mol. The second-order valence-corrected chi connectivity index (χ2v) is 4.92. The number of aliphatic hydroxyl groups excluding tert-OH is 1. The molecule has 0 saturated carbocycles. The Labute approximate surface area is 109 Å². The first-order valence-electron chi connectivity index (χ1n) is 6.87. The van der Waals surface area contributed by atoms with Crippen molar-refractivity contribution in [2.75, 3.05) is 24.5 Å². The first-order chi connectivity index (χ1) is 8.79. The Kier molecular flexibility index (Phi) is 4.96. The van der Waals surface area contributed by atoms with Crippen molar-refractivity contribution in [2.24, 2.45) is 0 Å². The summed E-state index contributed by atoms with van der Waals surface area (Å²) >= 11 is 0. The van der Waals surface area contributed by atoms with E-state index in [9.17, 15) is 5.11 Å². The van der Waals surface area contributed by atoms with E-state index in [0.717, 1.165) is 38.2 Å². The van der Waals surface area contributed by atoms with Crippen LogP contribution in [0.15, 0.2) is 24.4 Å². The van der Waals surface area contributed by atoms with E-state index in [-0.39, 0.29) is 6.10 Å². The lowest BCUT2D eigenvalue weighted by Crippen LogP contribution is -2.44. The number of pyridine rings is 1. The maximum atomic E-state index is 9.54. The minimum absolute atomic E-state index is 0.209. The second kappa shape index (κ2) is 6.71. The smallest absolute Gasteiger partial charge is 0.128 e. The first-order valence-corrected chi connectivity index (χ1v) is 6.87. The van der Waals surface area contributed by atoms with Crippen molar-refractivity contribution in [1.82, 2.24) is 10.3 Å². The lowest BCUT2D eigenvalue weighted by atomic mass is 10.0. The number of hydrogen-bond donors (Lipinski definition) is 2. The van der Waals surface area contributed by atoms with Crippen molar-refractivity contribution < 1.29 is 5.11 Å². The molecule has 1 aromatic heterocycles. The summed E-state index contributed by atoms with van der Waals surface area (Å²) in [6.45, 7) is 4.80. The molecule has 0 radical (unpaired) electrons. The molecule has 18 heavy (non-hydrogen) atoms. The maximum absolute atomic E-state index is 9.54. The standard InChI is InChI=1S/C14H23N3O/c1-2-13(18)11-16-12-6-9-17(10-7-12)14-5-3-4-8-15-14/h3-5,8,12-13,16,18H,2,6-7,9-11H2,1H3. The number of piperidine rings is 1. The van der Waals surface area contributed by atoms with Crippen LogP contribution in [0, 0.1) is 0 Å². The molecule has 1 aromatic rings. The van der Waals surface area contributed by atoms with Gasteiger partial charge >= 0.3 is 0 Å². The number of rotatable bonds is 5. The van der Waals surface area contributed by atoms with Gasteiger partial charge < -0.3 is 15.3 Å². The zero-order valence-corrected chi connectivity index (χ0v) is 11.0. The highest BCUT2D eigenvalue weighted by molar-refractivity contribution is 5.38. The highest BCUT2D eigenvalue weighted by Crippen LogP contribution is 2.17. The van der Waals surface area contributed by atoms with Crippen molar-refractivity contribution in [3.63, 3.8) is 0 Å². The molecule has 4 heteroatoms. The minimum Gasteiger partial charge on any atom is -0.392 e. The number of anilines is 1. The Hall–Kier alpha value is -1.13. The number of aromatic nitrogens is 1. The quantitative estimate of drug-likeness (QED) is 0.828. The van der Waals surface area contributed by atoms with Gasteiger partial charge in [-0.3, -0.25) is 0 Å². The monoisotopic (exact) mass is 249 g/mol. The van der Waals surface area contributed by atoms with Gasteiger partial charge in [-0.25, -0.2) is 4.98 Å². The van der Waals surface area contributed by atoms with E-state index in [1.807, 2.05) is 25.3 Å². The summed E-state index contributed by atoms with van der Waals surface area (Å²) in [5.41, 5.74) is 0. The van der Waals surface area contributed by atoms with Gasteiger partial charge in [-0.2, -0.15) is 0 Å². The Morgan fingerprint density at radius 2 is 2.22 bits per heavy atom. The molecule has 1 aliphatic heterocycles. The molecule has 1 fully saturated rings. The molecule has 1 atom stereocenters. The van der Waals surface area contributed by atoms with Crippen LogP contribution in [0.25, 0.3) is 0 Å². The van der Waals surface area contributed by atoms with Crippen molar-refractivity contribution >= 4 is 5.82 Å². The SMILES string of the molecule is CCC(O)CNC1CCN(c2ccccn2)CC1. The van der Waals surface area contributed by atoms with Crippen LogP contribution >= 0.6 is 0 Å². The van der Waals surface area contributed by atoms with E-state index < -0.39 is 0 Å². The van der Waals surface area contributed by atoms with Crippen LogP contribution in [0.5, 0.6) is 0 Å². The summed E-state index contributed by atoms with van der Waals surface area (Å²) in [5, 5.41) is 13.0. The fourth-order valence-electron chi connectivity index (χ4n) is 2.30. The zero-order chi connectivity index (χ0) is 12.8. The molecule has 1 saturated heterocycles. The molecule has 4 nitrogen and oxygen atoms in total. The molecule has 0 bridgehead atoms. The van der Waals surface area contributed by atoms with Gasteiger partial charge in [0, 0.05) is 31.9 Å². The molecular formula is C14H23N3O. The van der Waals surface area contributed by atoms with Gasteiger partial charge in [-0.05, 0) is 31.4 Å². The summed E-state index contributed by atoms with van der Waals surface area (Å²) < 4.78 is 0. The Bertz CT molecular complexity index is 336. The molecule has 0 amide bonds. The van der Waals surface area contributed by atoms with Crippen molar-refractivity contribution in [1.29, 1.82) is 0 Å². The molecule has 2 heterocycles. The summed E-state index contributed by atoms with van der Waals surface area (Å²) in [5.74, 6) is 1.07. The van der Waals surface area contributed by atoms with Gasteiger partial charge in [-0.1, -0.05) is 13.0 Å². The molecule has 1 aliphatic rings. The van der Waals surface area contributed by atoms with Crippen LogP contribution in [-0.4, -0.2) is 41.9 Å². The molecule has 2 N–H and O–H groups in total. The van der Waals surface area contributed by atoms with E-state index in [1.165, 1.54) is 0 Å². The van der Waals surface area contributed by atoms with Gasteiger partial charge in [0.05, 0.1) is 6.10 Å². The van der Waals surface area contributed by atoms with Gasteiger partial charge in [0.1, 0.15) is 5.82 Å². The van der Waals surface area contributed by atoms with Gasteiger partial charge in [0.2, 0.25) is 0 Å². The second-order valence-electron chi connectivity index (χ2n) is 4.92. The molecule has 0 aliphatic carbocycles. The van der Waals surface area contributed by atoms with E-state index in [0.29, 0.717) is 12.6 Å². The first kappa shape index (κ1) is 13.3. The van der Waals surface area contributed by atoms with Crippen LogP contribution < -0.4 is 10.2 Å². The lowest BCUT2D eigenvalue weighted by molar-refractivity contribution is 0.160. The zero-order valence-electron chi connectivity index (χ0n) is 11.0. The number of hydrogen-bond acceptors (Lipinski definition) is 4. The summed E-state index contributed by atoms with van der Waals surface area (Å²) in [7, 11) is 0. The van der Waals surface area contributed by atoms with Crippen LogP contribution in [0.4, 0.5) is 5.82 Å². The van der Waals surface area contributed by atoms with Gasteiger partial charge in [0.25, 0.3) is 0 Å². The molecule has 100 valence electrons. The fourth-order valence-corrected chi connectivity index (χ4v) is 2.30. The molecule has 0 aromatic carbocycles. The van der Waals surface area contributed by atoms with Gasteiger partial charge in [-0.15, -0.1) is 0 Å². The molecule has 0 spiro atoms. The van der Waals surface area contributed by atoms with E-state index in [1.54, 1.807) is 0 Å². The molecular weight excluding hydrogens is 226 g/mol. The summed E-state index contributed by atoms with van der Waals surface area (Å²) in [6.07, 6.45) is 4.69. The topological polar surface area (TPSA) is 48.4 Å². The highest BCUT2D eigenvalue weighted by Gasteiger charge is 2.19. The largest absolute Gasteiger partial charge is 0.392 e. The third kappa shape index (κ3) is 3.68. The van der Waals surface area contributed by atoms with Crippen molar-refractivity contribution in [3.8, 4) is 0 Å². The fraction of sp³-hybridized carbons (Fsp3) is 0.643. The maximum Gasteiger partial charge on any atom is 0.128 e. The van der Waals surface area contributed by atoms with Crippen molar-refractivity contribution in [3.05, 3.63) is 24.4 Å². The predicted molar refractivity (Wildman–Crippen MR) is 73.8 cm³/mol. The van der Waals surface area contributed by atoms with E-state index in [2.05, 4.69) is 21.3 Å². The minimum atomic E-state index is -0.209. The van der Waals surface area contributed by atoms with E-state index in [4.69, 9.17) is 0 Å². The van der Waals surface area contributed by atoms with Crippen LogP contribution in [0.1, 0.15) is 26.2 Å². The Morgan fingerprint density at radius 3 is 2.83 bits per heavy atom. The predicted octanol–water partition coefficient (Wildman–Crippen LogP) is 1.41. The van der Waals surface area contributed by atoms with Gasteiger partial charge in [0.15, 0.2) is 0 Å².